The average molecular weight is 508 g/mol. The van der Waals surface area contributed by atoms with Crippen LogP contribution in [-0.2, 0) is 5.92 Å². The van der Waals surface area contributed by atoms with Crippen molar-refractivity contribution in [3.05, 3.63) is 65.5 Å². The molecule has 9 nitrogen and oxygen atoms in total. The lowest BCUT2D eigenvalue weighted by Crippen LogP contribution is -2.58. The number of β-amino-alcohol motifs (C(OH)–C–C–N with tert-alkyl or cyclic N) is 1. The summed E-state index contributed by atoms with van der Waals surface area (Å²) >= 11 is 0. The van der Waals surface area contributed by atoms with Gasteiger partial charge in [-0.25, -0.2) is 22.7 Å². The van der Waals surface area contributed by atoms with Crippen molar-refractivity contribution in [2.45, 2.75) is 25.0 Å². The quantitative estimate of drug-likeness (QED) is 0.213. The number of rotatable bonds is 8. The number of hydrogen-bond acceptors (Lipinski definition) is 7. The van der Waals surface area contributed by atoms with Crippen molar-refractivity contribution in [2.75, 3.05) is 30.3 Å². The maximum atomic E-state index is 15.3. The molecule has 4 aromatic rings. The molecule has 190 valence electrons. The third kappa shape index (κ3) is 4.81. The van der Waals surface area contributed by atoms with E-state index in [-0.39, 0.29) is 17.9 Å². The zero-order valence-electron chi connectivity index (χ0n) is 18.8. The van der Waals surface area contributed by atoms with E-state index in [2.05, 4.69) is 30.9 Å². The normalized spacial score (nSPS) is 16.6. The van der Waals surface area contributed by atoms with Crippen LogP contribution in [0.2, 0.25) is 0 Å². The van der Waals surface area contributed by atoms with Gasteiger partial charge in [0.25, 0.3) is 5.92 Å². The minimum absolute atomic E-state index is 0.00166. The van der Waals surface area contributed by atoms with E-state index >= 15 is 8.78 Å². The summed E-state index contributed by atoms with van der Waals surface area (Å²) in [4.78, 5) is 5.41. The maximum absolute atomic E-state index is 15.3. The van der Waals surface area contributed by atoms with Crippen LogP contribution in [-0.4, -0.2) is 66.6 Å². The Labute approximate surface area is 200 Å². The van der Waals surface area contributed by atoms with E-state index in [9.17, 15) is 18.3 Å². The molecule has 4 heterocycles. The minimum Gasteiger partial charge on any atom is -0.372 e. The molecule has 36 heavy (non-hydrogen) atoms. The van der Waals surface area contributed by atoms with Gasteiger partial charge in [-0.1, -0.05) is 0 Å². The zero-order chi connectivity index (χ0) is 25.7. The number of anilines is 3. The molecule has 14 heteroatoms. The monoisotopic (exact) mass is 508 g/mol. The molecule has 0 radical (unpaired) electrons. The zero-order valence-corrected chi connectivity index (χ0v) is 18.8. The Bertz CT molecular complexity index is 1380. The lowest BCUT2D eigenvalue weighted by molar-refractivity contribution is -0.137. The standard InChI is InChI=1S/C22H21F5N8O/c1-12-6-17(32-31-12)29-19-16-7-15(28-18(36)9-34-10-21(24,25)11-34)8-35(16)33-20(30-19)22(26,27)13-2-4-14(23)5-3-13/h2-8,18,28,36H,9-11H2,1H3,(H2,29,30,31,32,33). The van der Waals surface area contributed by atoms with Crippen molar-refractivity contribution in [1.29, 1.82) is 0 Å². The second-order valence-corrected chi connectivity index (χ2v) is 8.67. The van der Waals surface area contributed by atoms with Crippen LogP contribution in [0.25, 0.3) is 5.52 Å². The first-order chi connectivity index (χ1) is 17.0. The summed E-state index contributed by atoms with van der Waals surface area (Å²) in [6, 6.07) is 6.89. The number of hydrogen-bond donors (Lipinski definition) is 4. The van der Waals surface area contributed by atoms with Crippen molar-refractivity contribution < 1.29 is 27.1 Å². The summed E-state index contributed by atoms with van der Waals surface area (Å²) in [5.74, 6) is -7.64. The summed E-state index contributed by atoms with van der Waals surface area (Å²) in [7, 11) is 0. The van der Waals surface area contributed by atoms with Crippen molar-refractivity contribution in [1.82, 2.24) is 29.7 Å². The SMILES string of the molecule is Cc1cc(Nc2nc(C(F)(F)c3ccc(F)cc3)nn3cc(NC(O)CN4CC(F)(F)C4)cc23)n[nH]1. The highest BCUT2D eigenvalue weighted by Crippen LogP contribution is 2.35. The Morgan fingerprint density at radius 3 is 2.56 bits per heavy atom. The second-order valence-electron chi connectivity index (χ2n) is 8.67. The average Bonchev–Trinajstić information content (AvgIpc) is 3.38. The van der Waals surface area contributed by atoms with Gasteiger partial charge < -0.3 is 15.7 Å². The molecule has 0 spiro atoms. The van der Waals surface area contributed by atoms with Gasteiger partial charge >= 0.3 is 5.92 Å². The van der Waals surface area contributed by atoms with Crippen LogP contribution in [0.5, 0.6) is 0 Å². The molecule has 1 aliphatic rings. The molecule has 0 bridgehead atoms. The van der Waals surface area contributed by atoms with Gasteiger partial charge in [-0.15, -0.1) is 5.10 Å². The number of aliphatic hydroxyl groups is 1. The number of aryl methyl sites for hydroxylation is 1. The van der Waals surface area contributed by atoms with E-state index in [0.29, 0.717) is 11.5 Å². The molecule has 3 aromatic heterocycles. The van der Waals surface area contributed by atoms with E-state index in [1.807, 2.05) is 0 Å². The molecule has 1 saturated heterocycles. The number of halogens is 5. The van der Waals surface area contributed by atoms with Crippen molar-refractivity contribution in [3.63, 3.8) is 0 Å². The molecule has 1 fully saturated rings. The number of nitrogens with one attached hydrogen (secondary N) is 3. The first-order valence-electron chi connectivity index (χ1n) is 10.9. The second kappa shape index (κ2) is 8.71. The maximum Gasteiger partial charge on any atom is 0.333 e. The number of aromatic nitrogens is 5. The third-order valence-electron chi connectivity index (χ3n) is 5.58. The number of likely N-dealkylation sites (tertiary alicyclic amines) is 1. The fourth-order valence-corrected chi connectivity index (χ4v) is 3.91. The van der Waals surface area contributed by atoms with Gasteiger partial charge in [0.2, 0.25) is 5.82 Å². The fourth-order valence-electron chi connectivity index (χ4n) is 3.91. The predicted octanol–water partition coefficient (Wildman–Crippen LogP) is 3.46. The number of aromatic amines is 1. The molecule has 0 amide bonds. The van der Waals surface area contributed by atoms with E-state index in [4.69, 9.17) is 0 Å². The summed E-state index contributed by atoms with van der Waals surface area (Å²) in [6.45, 7) is 0.803. The molecule has 1 unspecified atom stereocenters. The van der Waals surface area contributed by atoms with Crippen LogP contribution in [0.15, 0.2) is 42.6 Å². The van der Waals surface area contributed by atoms with Gasteiger partial charge in [-0.2, -0.15) is 13.9 Å². The highest BCUT2D eigenvalue weighted by atomic mass is 19.3. The Morgan fingerprint density at radius 2 is 1.92 bits per heavy atom. The molecule has 1 aliphatic heterocycles. The number of aliphatic hydroxyl groups excluding tert-OH is 1. The Hall–Kier alpha value is -3.78. The molecule has 4 N–H and O–H groups in total. The van der Waals surface area contributed by atoms with E-state index in [0.717, 1.165) is 34.5 Å². The Balaban J connectivity index is 1.47. The molecular formula is C22H21F5N8O. The summed E-state index contributed by atoms with van der Waals surface area (Å²) in [5.41, 5.74) is 0.793. The van der Waals surface area contributed by atoms with Crippen molar-refractivity contribution >= 4 is 22.8 Å². The highest BCUT2D eigenvalue weighted by molar-refractivity contribution is 5.76. The lowest BCUT2D eigenvalue weighted by atomic mass is 10.1. The summed E-state index contributed by atoms with van der Waals surface area (Å²) in [5, 5.41) is 26.6. The van der Waals surface area contributed by atoms with E-state index < -0.39 is 48.4 Å². The Morgan fingerprint density at radius 1 is 1.19 bits per heavy atom. The largest absolute Gasteiger partial charge is 0.372 e. The number of H-pyrrole nitrogens is 1. The van der Waals surface area contributed by atoms with Gasteiger partial charge in [0, 0.05) is 23.9 Å². The highest BCUT2D eigenvalue weighted by Gasteiger charge is 2.44. The molecule has 1 atom stereocenters. The summed E-state index contributed by atoms with van der Waals surface area (Å²) in [6.07, 6.45) is 0.160. The number of alkyl halides is 4. The van der Waals surface area contributed by atoms with Crippen LogP contribution < -0.4 is 10.6 Å². The molecule has 0 aliphatic carbocycles. The van der Waals surface area contributed by atoms with E-state index in [1.54, 1.807) is 13.0 Å². The van der Waals surface area contributed by atoms with Crippen LogP contribution in [0.3, 0.4) is 0 Å². The number of fused-ring (bicyclic) bond motifs is 1. The number of benzene rings is 1. The van der Waals surface area contributed by atoms with Crippen molar-refractivity contribution in [2.24, 2.45) is 0 Å². The van der Waals surface area contributed by atoms with Gasteiger partial charge in [-0.3, -0.25) is 10.00 Å². The molecule has 0 saturated carbocycles. The van der Waals surface area contributed by atoms with Crippen LogP contribution >= 0.6 is 0 Å². The topological polar surface area (TPSA) is 106 Å². The lowest BCUT2D eigenvalue weighted by Gasteiger charge is -2.39. The van der Waals surface area contributed by atoms with Gasteiger partial charge in [0.15, 0.2) is 11.6 Å². The smallest absolute Gasteiger partial charge is 0.333 e. The number of nitrogens with zero attached hydrogens (tertiary/aromatic N) is 5. The van der Waals surface area contributed by atoms with Gasteiger partial charge in [0.1, 0.15) is 17.6 Å². The summed E-state index contributed by atoms with van der Waals surface area (Å²) < 4.78 is 71.1. The molecule has 1 aromatic carbocycles. The van der Waals surface area contributed by atoms with Crippen LogP contribution in [0, 0.1) is 12.7 Å². The fraction of sp³-hybridized carbons (Fsp3) is 0.318. The Kier molecular flexibility index (Phi) is 5.79. The van der Waals surface area contributed by atoms with Gasteiger partial charge in [-0.05, 0) is 37.3 Å². The predicted molar refractivity (Wildman–Crippen MR) is 120 cm³/mol. The van der Waals surface area contributed by atoms with Gasteiger partial charge in [0.05, 0.1) is 25.0 Å². The first kappa shape index (κ1) is 23.9. The van der Waals surface area contributed by atoms with Crippen LogP contribution in [0.4, 0.5) is 39.3 Å². The van der Waals surface area contributed by atoms with Crippen LogP contribution in [0.1, 0.15) is 17.1 Å². The molecular weight excluding hydrogens is 487 g/mol. The van der Waals surface area contributed by atoms with E-state index in [1.165, 1.54) is 17.2 Å². The minimum atomic E-state index is -3.67. The van der Waals surface area contributed by atoms with Crippen molar-refractivity contribution in [3.8, 4) is 0 Å². The third-order valence-corrected chi connectivity index (χ3v) is 5.58. The first-order valence-corrected chi connectivity index (χ1v) is 10.9. The molecule has 5 rings (SSSR count).